The van der Waals surface area contributed by atoms with Crippen molar-refractivity contribution < 1.29 is 33.5 Å². The van der Waals surface area contributed by atoms with Gasteiger partial charge in [0.2, 0.25) is 11.1 Å². The van der Waals surface area contributed by atoms with Crippen LogP contribution in [0, 0.1) is 38.5 Å². The van der Waals surface area contributed by atoms with Crippen LogP contribution in [0.2, 0.25) is 0 Å². The quantitative estimate of drug-likeness (QED) is 0.0289. The number of halogens is 1. The molecule has 28 nitrogen and oxygen atoms in total. The van der Waals surface area contributed by atoms with E-state index < -0.39 is 29.0 Å². The normalized spacial score (nSPS) is 16.0. The molecule has 0 radical (unpaired) electrons. The second-order valence-corrected chi connectivity index (χ2v) is 31.0. The highest BCUT2D eigenvalue weighted by Gasteiger charge is 2.34. The maximum Gasteiger partial charge on any atom is 0.410 e. The van der Waals surface area contributed by atoms with E-state index in [1.54, 1.807) is 99.1 Å². The van der Waals surface area contributed by atoms with Gasteiger partial charge in [-0.15, -0.1) is 0 Å². The molecule has 32 heteroatoms. The van der Waals surface area contributed by atoms with E-state index in [4.69, 9.17) is 16.3 Å². The predicted molar refractivity (Wildman–Crippen MR) is 431 cm³/mol. The molecule has 0 spiro atoms. The molecule has 0 bridgehead atoms. The zero-order valence-electron chi connectivity index (χ0n) is 63.5. The second-order valence-electron chi connectivity index (χ2n) is 27.6. The number of thiazole rings is 3. The molecule has 0 aromatic carbocycles. The molecule has 9 aromatic rings. The molecule has 0 aliphatic carbocycles. The molecule has 12 rings (SSSR count). The lowest BCUT2D eigenvalue weighted by atomic mass is 9.98. The third-order valence-corrected chi connectivity index (χ3v) is 21.3. The number of aryl methyl sites for hydroxylation is 3. The summed E-state index contributed by atoms with van der Waals surface area (Å²) >= 11 is 9.36. The molecule has 109 heavy (non-hydrogen) atoms. The number of pyridine rings is 3. The van der Waals surface area contributed by atoms with Crippen molar-refractivity contribution in [2.45, 2.75) is 125 Å². The Balaban J connectivity index is 0.000000183. The van der Waals surface area contributed by atoms with Crippen LogP contribution in [0.3, 0.4) is 0 Å². The highest BCUT2D eigenvalue weighted by atomic mass is 35.5. The summed E-state index contributed by atoms with van der Waals surface area (Å²) in [6.45, 7) is 27.9. The lowest BCUT2D eigenvalue weighted by molar-refractivity contribution is -0.134. The zero-order chi connectivity index (χ0) is 78.5. The van der Waals surface area contributed by atoms with E-state index in [2.05, 4.69) is 109 Å². The molecule has 12 heterocycles. The molecule has 0 saturated carbocycles. The van der Waals surface area contributed by atoms with Gasteiger partial charge in [-0.25, -0.2) is 49.7 Å². The van der Waals surface area contributed by atoms with E-state index in [1.165, 1.54) is 15.9 Å². The van der Waals surface area contributed by atoms with E-state index >= 15 is 0 Å². The van der Waals surface area contributed by atoms with Crippen molar-refractivity contribution in [2.75, 3.05) is 91.1 Å². The topological polar surface area (TPSA) is 331 Å². The number of nitrogens with one attached hydrogen (secondary N) is 4. The fourth-order valence-electron chi connectivity index (χ4n) is 12.0. The standard InChI is InChI=1S/C27H35N7O3S.C25H29N7O2S.C22H27N7OS.C3H3ClO/c1-17(33(6)26(36)37-27(3,4)5)21(35)13-19-9-12-34(16-19)24-14-23(30-18(2)31-24)32-25-29-15-22(38-25)20-7-10-28-11-8-20;1-5-24(34)31(4)16(2)20(33)12-18-8-11-32(15-18)23-13-22(28-17(3)29-23)30-25-27-14-21(35-25)19-6-9-26-10-7-19;1-14(23-3)18(30)10-16-6-9-29(13-16)21-11-20(26-15(2)27-21)28-22-25-12-19(31-22)17-4-7-24-8-5-17;1-2-3(4)5/h7-8,10-11,14-15,17,19H,9,12-13,16H2,1-6H3,(H,29,30,31,32);5-7,9-10,13-14,16,18H,1,8,11-12,15H2,2-4H3,(H,27,28,29,30);4-5,7-8,11-12,14,16,23H,6,9-10,13H2,1-3H3,(H,25,26,27,28);2H,1H2/t17-,19+;16-,18+;14-,16+;/m000./s1. The summed E-state index contributed by atoms with van der Waals surface area (Å²) in [6, 6.07) is 16.4. The monoisotopic (exact) mass is 1560 g/mol. The number of carbonyl (C=O) groups is 6. The average molecular weight is 1560 g/mol. The number of anilines is 9. The number of hydrogen-bond donors (Lipinski definition) is 4. The first-order valence-electron chi connectivity index (χ1n) is 35.7. The van der Waals surface area contributed by atoms with Gasteiger partial charge in [-0.1, -0.05) is 47.2 Å². The van der Waals surface area contributed by atoms with Crippen LogP contribution in [-0.2, 0) is 28.7 Å². The minimum atomic E-state index is -0.606. The number of nitrogens with zero attached hydrogens (tertiary/aromatic N) is 17. The van der Waals surface area contributed by atoms with E-state index in [0.29, 0.717) is 60.8 Å². The van der Waals surface area contributed by atoms with Crippen molar-refractivity contribution >= 4 is 131 Å². The summed E-state index contributed by atoms with van der Waals surface area (Å²) in [5, 5.41) is 14.7. The first kappa shape index (κ1) is 82.6. The molecule has 3 fully saturated rings. The van der Waals surface area contributed by atoms with Gasteiger partial charge in [-0.2, -0.15) is 0 Å². The highest BCUT2D eigenvalue weighted by molar-refractivity contribution is 7.19. The molecule has 574 valence electrons. The van der Waals surface area contributed by atoms with Crippen molar-refractivity contribution in [3.63, 3.8) is 0 Å². The molecular formula is C77H94ClN21O7S3. The molecule has 3 saturated heterocycles. The number of likely N-dealkylation sites (N-methyl/N-ethyl adjacent to an activating group) is 3. The van der Waals surface area contributed by atoms with Gasteiger partial charge in [-0.05, 0) is 183 Å². The van der Waals surface area contributed by atoms with Gasteiger partial charge in [-0.3, -0.25) is 38.9 Å². The van der Waals surface area contributed by atoms with Crippen LogP contribution < -0.4 is 36.0 Å². The van der Waals surface area contributed by atoms with Crippen LogP contribution in [-0.4, -0.2) is 188 Å². The number of aromatic nitrogens is 12. The maximum atomic E-state index is 13.0. The van der Waals surface area contributed by atoms with Gasteiger partial charge in [0.25, 0.3) is 0 Å². The van der Waals surface area contributed by atoms with Crippen LogP contribution in [0.25, 0.3) is 31.3 Å². The van der Waals surface area contributed by atoms with Crippen LogP contribution >= 0.6 is 45.6 Å². The number of ether oxygens (including phenoxy) is 1. The Kier molecular flexibility index (Phi) is 29.6. The lowest BCUT2D eigenvalue weighted by Crippen LogP contribution is -2.43. The summed E-state index contributed by atoms with van der Waals surface area (Å²) in [4.78, 5) is 137. The Morgan fingerprint density at radius 3 is 1.17 bits per heavy atom. The number of Topliss-reactive ketones (excluding diaryl/α,β-unsaturated/α-hetero) is 3. The minimum absolute atomic E-state index is 0.0280. The third kappa shape index (κ3) is 24.5. The van der Waals surface area contributed by atoms with Gasteiger partial charge < -0.3 is 50.5 Å². The van der Waals surface area contributed by atoms with E-state index in [9.17, 15) is 28.8 Å². The first-order valence-corrected chi connectivity index (χ1v) is 38.6. The van der Waals surface area contributed by atoms with Gasteiger partial charge in [0.15, 0.2) is 27.0 Å². The molecular weight excluding hydrogens is 1460 g/mol. The van der Waals surface area contributed by atoms with E-state index in [-0.39, 0.29) is 41.1 Å². The number of allylic oxidation sites excluding steroid dienone is 1. The van der Waals surface area contributed by atoms with Crippen LogP contribution in [0.5, 0.6) is 0 Å². The fraction of sp³-hybridized carbons (Fsp3) is 0.403. The van der Waals surface area contributed by atoms with Crippen molar-refractivity contribution in [3.8, 4) is 31.3 Å². The molecule has 3 aliphatic heterocycles. The van der Waals surface area contributed by atoms with Crippen molar-refractivity contribution in [2.24, 2.45) is 17.8 Å². The Morgan fingerprint density at radius 2 is 0.862 bits per heavy atom. The van der Waals surface area contributed by atoms with Crippen LogP contribution in [0.4, 0.5) is 55.1 Å². The highest BCUT2D eigenvalue weighted by Crippen LogP contribution is 2.36. The van der Waals surface area contributed by atoms with Gasteiger partial charge >= 0.3 is 6.09 Å². The number of rotatable bonds is 26. The summed E-state index contributed by atoms with van der Waals surface area (Å²) < 4.78 is 5.40. The zero-order valence-corrected chi connectivity index (χ0v) is 66.7. The number of ketones is 3. The summed E-state index contributed by atoms with van der Waals surface area (Å²) in [5.74, 6) is 7.50. The molecule has 0 unspecified atom stereocenters. The lowest BCUT2D eigenvalue weighted by Gasteiger charge is -2.28. The van der Waals surface area contributed by atoms with Gasteiger partial charge in [0.05, 0.1) is 32.8 Å². The Hall–Kier alpha value is -10.5. The number of hydrogen-bond acceptors (Lipinski definition) is 29. The molecule has 4 N–H and O–H groups in total. The SMILES string of the molecule is C=CC(=O)Cl.C=CC(=O)N(C)[C@@H](C)C(=O)C[C@H]1CCN(c2cc(Nc3ncc(-c4ccncc4)s3)nc(C)n2)C1.CN[C@@H](C)C(=O)C[C@H]1CCN(c2cc(Nc3ncc(-c4ccncc4)s3)nc(C)n2)C1.Cc1nc(Nc2ncc(-c3ccncc3)s2)cc(N2CC[C@H](CC(=O)[C@H](C)N(C)C(=O)OC(C)(C)C)C2)n1. The Labute approximate surface area is 652 Å². The average Bonchev–Trinajstić information content (AvgIpc) is 1.74. The molecule has 6 atom stereocenters. The predicted octanol–water partition coefficient (Wildman–Crippen LogP) is 13.3. The number of carbonyl (C=O) groups excluding carboxylic acids is 6. The summed E-state index contributed by atoms with van der Waals surface area (Å²) in [5.41, 5.74) is 2.61. The number of amides is 2. The fourth-order valence-corrected chi connectivity index (χ4v) is 14.5. The summed E-state index contributed by atoms with van der Waals surface area (Å²) in [6.07, 6.45) is 22.1. The van der Waals surface area contributed by atoms with Crippen LogP contribution in [0.15, 0.2) is 136 Å². The Morgan fingerprint density at radius 1 is 0.541 bits per heavy atom. The summed E-state index contributed by atoms with van der Waals surface area (Å²) in [7, 11) is 5.07. The first-order chi connectivity index (χ1) is 52.1. The largest absolute Gasteiger partial charge is 0.444 e. The molecule has 2 amide bonds. The molecule has 3 aliphatic rings. The van der Waals surface area contributed by atoms with Gasteiger partial charge in [0.1, 0.15) is 63.8 Å². The smallest absolute Gasteiger partial charge is 0.410 e. The maximum absolute atomic E-state index is 13.0. The van der Waals surface area contributed by atoms with Crippen molar-refractivity contribution in [1.82, 2.24) is 74.9 Å². The third-order valence-electron chi connectivity index (χ3n) is 18.3. The van der Waals surface area contributed by atoms with Crippen molar-refractivity contribution in [3.05, 3.63) is 153 Å². The second kappa shape index (κ2) is 39.1. The minimum Gasteiger partial charge on any atom is -0.444 e. The van der Waals surface area contributed by atoms with E-state index in [1.807, 2.05) is 129 Å². The van der Waals surface area contributed by atoms with E-state index in [0.717, 1.165) is 128 Å². The Bertz CT molecular complexity index is 4580. The molecule has 9 aromatic heterocycles. The van der Waals surface area contributed by atoms with Gasteiger partial charge in [0, 0.05) is 147 Å². The van der Waals surface area contributed by atoms with Crippen LogP contribution in [0.1, 0.15) is 97.5 Å². The van der Waals surface area contributed by atoms with Crippen molar-refractivity contribution in [1.29, 1.82) is 0 Å².